The number of hydrogen-bond donors (Lipinski definition) is 2. The van der Waals surface area contributed by atoms with E-state index in [1.165, 1.54) is 11.1 Å². The van der Waals surface area contributed by atoms with Crippen LogP contribution in [0, 0.1) is 13.8 Å². The Morgan fingerprint density at radius 3 is 2.36 bits per heavy atom. The van der Waals surface area contributed by atoms with Crippen molar-refractivity contribution < 1.29 is 19.2 Å². The molecule has 1 unspecified atom stereocenters. The predicted molar refractivity (Wildman–Crippen MR) is 111 cm³/mol. The number of rotatable bonds is 8. The number of amides is 2. The third-order valence-corrected chi connectivity index (χ3v) is 4.62. The van der Waals surface area contributed by atoms with Crippen LogP contribution in [0.5, 0.6) is 5.75 Å². The first-order chi connectivity index (χ1) is 13.3. The van der Waals surface area contributed by atoms with Gasteiger partial charge in [-0.2, -0.15) is 0 Å². The Balaban J connectivity index is 1.82. The van der Waals surface area contributed by atoms with Gasteiger partial charge in [-0.15, -0.1) is 0 Å². The maximum Gasteiger partial charge on any atom is 0.279 e. The molecule has 0 bridgehead atoms. The van der Waals surface area contributed by atoms with Crippen molar-refractivity contribution in [3.05, 3.63) is 59.2 Å². The van der Waals surface area contributed by atoms with Gasteiger partial charge in [0.1, 0.15) is 5.75 Å². The number of methoxy groups -OCH3 is 1. The van der Waals surface area contributed by atoms with Gasteiger partial charge in [-0.1, -0.05) is 23.8 Å². The first kappa shape index (κ1) is 21.4. The second-order valence-electron chi connectivity index (χ2n) is 7.27. The number of nitrogens with one attached hydrogen (secondary N) is 2. The molecule has 2 aromatic rings. The number of carbonyl (C=O) groups excluding carboxylic acids is 2. The largest absolute Gasteiger partial charge is 0.497 e. The molecule has 0 heterocycles. The smallest absolute Gasteiger partial charge is 0.279 e. The normalized spacial score (nSPS) is 11.6. The van der Waals surface area contributed by atoms with Crippen LogP contribution in [0.3, 0.4) is 0 Å². The number of nitrogens with zero attached hydrogens (tertiary/aromatic N) is 1. The van der Waals surface area contributed by atoms with E-state index in [2.05, 4.69) is 37.4 Å². The standard InChI is InChI=1S/C22H29N3O3/c1-16-6-7-18(17(2)12-16)13-25(4)22(27)15-24(3)14-21(26)23-19-8-10-20(28-5)11-9-19/h6-12H,13-15H2,1-5H3,(H,23,26)/p+1. The third-order valence-electron chi connectivity index (χ3n) is 4.62. The van der Waals surface area contributed by atoms with Gasteiger partial charge in [0.2, 0.25) is 0 Å². The van der Waals surface area contributed by atoms with E-state index in [9.17, 15) is 9.59 Å². The summed E-state index contributed by atoms with van der Waals surface area (Å²) in [7, 11) is 5.24. The minimum Gasteiger partial charge on any atom is -0.497 e. The molecule has 150 valence electrons. The SMILES string of the molecule is COc1ccc(NC(=O)C[NH+](C)CC(=O)N(C)Cc2ccc(C)cc2C)cc1. The van der Waals surface area contributed by atoms with Crippen LogP contribution in [-0.2, 0) is 16.1 Å². The van der Waals surface area contributed by atoms with Crippen molar-refractivity contribution in [3.8, 4) is 5.75 Å². The zero-order chi connectivity index (χ0) is 20.7. The highest BCUT2D eigenvalue weighted by molar-refractivity contribution is 5.91. The van der Waals surface area contributed by atoms with Crippen LogP contribution in [0.4, 0.5) is 5.69 Å². The van der Waals surface area contributed by atoms with Gasteiger partial charge in [0.05, 0.1) is 14.2 Å². The Bertz CT molecular complexity index is 818. The molecule has 0 spiro atoms. The van der Waals surface area contributed by atoms with Gasteiger partial charge < -0.3 is 19.9 Å². The summed E-state index contributed by atoms with van der Waals surface area (Å²) in [6, 6.07) is 13.4. The summed E-state index contributed by atoms with van der Waals surface area (Å²) in [5.74, 6) is 0.611. The van der Waals surface area contributed by atoms with Gasteiger partial charge in [-0.05, 0) is 49.2 Å². The van der Waals surface area contributed by atoms with Gasteiger partial charge in [0, 0.05) is 19.3 Å². The number of benzene rings is 2. The van der Waals surface area contributed by atoms with Crippen LogP contribution in [0.15, 0.2) is 42.5 Å². The van der Waals surface area contributed by atoms with Gasteiger partial charge in [0.25, 0.3) is 11.8 Å². The predicted octanol–water partition coefficient (Wildman–Crippen LogP) is 1.42. The Morgan fingerprint density at radius 1 is 1.07 bits per heavy atom. The van der Waals surface area contributed by atoms with Crippen LogP contribution in [-0.4, -0.2) is 51.0 Å². The van der Waals surface area contributed by atoms with Gasteiger partial charge in [-0.3, -0.25) is 9.59 Å². The van der Waals surface area contributed by atoms with Gasteiger partial charge in [0.15, 0.2) is 13.1 Å². The molecule has 0 aromatic heterocycles. The lowest BCUT2D eigenvalue weighted by molar-refractivity contribution is -0.862. The second kappa shape index (κ2) is 9.90. The molecule has 1 atom stereocenters. The number of likely N-dealkylation sites (N-methyl/N-ethyl adjacent to an activating group) is 2. The lowest BCUT2D eigenvalue weighted by Gasteiger charge is -2.21. The Labute approximate surface area is 167 Å². The van der Waals surface area contributed by atoms with Crippen molar-refractivity contribution in [1.82, 2.24) is 4.90 Å². The van der Waals surface area contributed by atoms with Crippen molar-refractivity contribution in [2.45, 2.75) is 20.4 Å². The van der Waals surface area contributed by atoms with E-state index in [1.807, 2.05) is 7.05 Å². The quantitative estimate of drug-likeness (QED) is 0.724. The van der Waals surface area contributed by atoms with Crippen LogP contribution >= 0.6 is 0 Å². The number of aryl methyl sites for hydroxylation is 2. The molecule has 0 saturated heterocycles. The zero-order valence-electron chi connectivity index (χ0n) is 17.3. The Hall–Kier alpha value is -2.86. The molecule has 2 aromatic carbocycles. The average Bonchev–Trinajstić information content (AvgIpc) is 2.64. The molecule has 2 rings (SSSR count). The maximum absolute atomic E-state index is 12.5. The molecule has 0 radical (unpaired) electrons. The minimum absolute atomic E-state index is 0.00900. The van der Waals surface area contributed by atoms with E-state index in [0.717, 1.165) is 16.2 Å². The zero-order valence-corrected chi connectivity index (χ0v) is 17.3. The second-order valence-corrected chi connectivity index (χ2v) is 7.27. The van der Waals surface area contributed by atoms with E-state index in [-0.39, 0.29) is 24.9 Å². The average molecular weight is 385 g/mol. The van der Waals surface area contributed by atoms with Gasteiger partial charge >= 0.3 is 0 Å². The fraction of sp³-hybridized carbons (Fsp3) is 0.364. The van der Waals surface area contributed by atoms with Crippen molar-refractivity contribution in [3.63, 3.8) is 0 Å². The number of anilines is 1. The molecule has 6 heteroatoms. The molecule has 6 nitrogen and oxygen atoms in total. The lowest BCUT2D eigenvalue weighted by atomic mass is 10.1. The summed E-state index contributed by atoms with van der Waals surface area (Å²) < 4.78 is 5.10. The van der Waals surface area contributed by atoms with Crippen molar-refractivity contribution in [2.75, 3.05) is 39.6 Å². The van der Waals surface area contributed by atoms with Crippen molar-refractivity contribution in [1.29, 1.82) is 0 Å². The van der Waals surface area contributed by atoms with Crippen molar-refractivity contribution >= 4 is 17.5 Å². The molecule has 0 aliphatic heterocycles. The number of carbonyl (C=O) groups is 2. The van der Waals surface area contributed by atoms with E-state index >= 15 is 0 Å². The highest BCUT2D eigenvalue weighted by Crippen LogP contribution is 2.14. The molecule has 0 aliphatic carbocycles. The summed E-state index contributed by atoms with van der Waals surface area (Å²) in [5, 5.41) is 2.84. The number of hydrogen-bond acceptors (Lipinski definition) is 3. The summed E-state index contributed by atoms with van der Waals surface area (Å²) >= 11 is 0. The fourth-order valence-corrected chi connectivity index (χ4v) is 2.98. The monoisotopic (exact) mass is 384 g/mol. The summed E-state index contributed by atoms with van der Waals surface area (Å²) in [4.78, 5) is 27.3. The molecule has 2 amide bonds. The first-order valence-corrected chi connectivity index (χ1v) is 9.33. The summed E-state index contributed by atoms with van der Waals surface area (Å²) in [6.07, 6.45) is 0. The minimum atomic E-state index is -0.132. The Kier molecular flexibility index (Phi) is 7.58. The highest BCUT2D eigenvalue weighted by Gasteiger charge is 2.18. The molecule has 0 aliphatic rings. The molecule has 28 heavy (non-hydrogen) atoms. The van der Waals surface area contributed by atoms with Crippen LogP contribution < -0.4 is 15.0 Å². The van der Waals surface area contributed by atoms with E-state index in [0.29, 0.717) is 12.2 Å². The molecular formula is C22H30N3O3+. The molecule has 0 saturated carbocycles. The third kappa shape index (κ3) is 6.39. The fourth-order valence-electron chi connectivity index (χ4n) is 2.98. The molecule has 2 N–H and O–H groups in total. The topological polar surface area (TPSA) is 63.1 Å². The van der Waals surface area contributed by atoms with E-state index in [4.69, 9.17) is 4.74 Å². The highest BCUT2D eigenvalue weighted by atomic mass is 16.5. The summed E-state index contributed by atoms with van der Waals surface area (Å²) in [5.41, 5.74) is 4.23. The number of quaternary nitrogens is 1. The van der Waals surface area contributed by atoms with Crippen LogP contribution in [0.25, 0.3) is 0 Å². The van der Waals surface area contributed by atoms with E-state index in [1.54, 1.807) is 43.3 Å². The summed E-state index contributed by atoms with van der Waals surface area (Å²) in [6.45, 7) is 5.16. The lowest BCUT2D eigenvalue weighted by Crippen LogP contribution is -3.11. The first-order valence-electron chi connectivity index (χ1n) is 9.33. The molecule has 0 fully saturated rings. The number of ether oxygens (including phenoxy) is 1. The van der Waals surface area contributed by atoms with Crippen LogP contribution in [0.2, 0.25) is 0 Å². The van der Waals surface area contributed by atoms with Crippen LogP contribution in [0.1, 0.15) is 16.7 Å². The maximum atomic E-state index is 12.5. The van der Waals surface area contributed by atoms with Crippen molar-refractivity contribution in [2.24, 2.45) is 0 Å². The molecular weight excluding hydrogens is 354 g/mol. The van der Waals surface area contributed by atoms with Gasteiger partial charge in [-0.25, -0.2) is 0 Å². The Morgan fingerprint density at radius 2 is 1.75 bits per heavy atom. The van der Waals surface area contributed by atoms with E-state index < -0.39 is 0 Å².